The lowest BCUT2D eigenvalue weighted by molar-refractivity contribution is 0.201. The van der Waals surface area contributed by atoms with Gasteiger partial charge in [0.25, 0.3) is 0 Å². The largest absolute Gasteiger partial charge is 0.384 e. The molecule has 2 aromatic rings. The van der Waals surface area contributed by atoms with Gasteiger partial charge >= 0.3 is 0 Å². The van der Waals surface area contributed by atoms with Gasteiger partial charge in [0.05, 0.1) is 12.3 Å². The summed E-state index contributed by atoms with van der Waals surface area (Å²) >= 11 is 3.36. The first-order chi connectivity index (χ1) is 7.88. The third-order valence-electron chi connectivity index (χ3n) is 2.14. The smallest absolute Gasteiger partial charge is 0.183 e. The zero-order valence-electron chi connectivity index (χ0n) is 9.10. The van der Waals surface area contributed by atoms with Crippen LogP contribution in [0.4, 0.5) is 5.13 Å². The Morgan fingerprint density at radius 2 is 2.38 bits per heavy atom. The molecule has 0 spiro atoms. The highest BCUT2D eigenvalue weighted by Gasteiger charge is 2.01. The normalized spacial score (nSPS) is 10.6. The van der Waals surface area contributed by atoms with E-state index in [1.807, 2.05) is 0 Å². The quantitative estimate of drug-likeness (QED) is 0.860. The summed E-state index contributed by atoms with van der Waals surface area (Å²) in [5, 5.41) is 10.6. The van der Waals surface area contributed by atoms with Crippen LogP contribution in [-0.4, -0.2) is 18.7 Å². The lowest BCUT2D eigenvalue weighted by Crippen LogP contribution is -1.99. The zero-order chi connectivity index (χ0) is 11.2. The van der Waals surface area contributed by atoms with Crippen molar-refractivity contribution < 1.29 is 4.74 Å². The summed E-state index contributed by atoms with van der Waals surface area (Å²) < 4.78 is 5.02. The number of hydrogen-bond donors (Lipinski definition) is 1. The van der Waals surface area contributed by atoms with Gasteiger partial charge in [-0.3, -0.25) is 0 Å². The lowest BCUT2D eigenvalue weighted by atomic mass is 10.3. The first kappa shape index (κ1) is 11.6. The monoisotopic (exact) mass is 254 g/mol. The highest BCUT2D eigenvalue weighted by atomic mass is 32.1. The summed E-state index contributed by atoms with van der Waals surface area (Å²) in [7, 11) is 1.71. The van der Waals surface area contributed by atoms with Gasteiger partial charge < -0.3 is 10.1 Å². The number of ether oxygens (including phenoxy) is 1. The Labute approximate surface area is 103 Å². The fourth-order valence-electron chi connectivity index (χ4n) is 1.28. The number of thiophene rings is 1. The average Bonchev–Trinajstić information content (AvgIpc) is 2.95. The minimum Gasteiger partial charge on any atom is -0.384 e. The molecule has 2 heterocycles. The van der Waals surface area contributed by atoms with E-state index in [2.05, 4.69) is 32.5 Å². The van der Waals surface area contributed by atoms with Crippen LogP contribution in [0.25, 0.3) is 0 Å². The standard InChI is InChI=1S/C11H14N2OS2/c1-14-4-2-10-8-16-11(13-10)12-6-9-3-5-15-7-9/h3,5,7-8H,2,4,6H2,1H3,(H,12,13). The number of anilines is 1. The molecule has 0 aliphatic rings. The number of methoxy groups -OCH3 is 1. The highest BCUT2D eigenvalue weighted by Crippen LogP contribution is 2.17. The van der Waals surface area contributed by atoms with Crippen molar-refractivity contribution in [3.63, 3.8) is 0 Å². The van der Waals surface area contributed by atoms with E-state index < -0.39 is 0 Å². The van der Waals surface area contributed by atoms with Crippen LogP contribution in [0.1, 0.15) is 11.3 Å². The Balaban J connectivity index is 1.83. The van der Waals surface area contributed by atoms with E-state index >= 15 is 0 Å². The minimum absolute atomic E-state index is 0.730. The van der Waals surface area contributed by atoms with Gasteiger partial charge in [-0.15, -0.1) is 11.3 Å². The second-order valence-corrected chi connectivity index (χ2v) is 5.01. The van der Waals surface area contributed by atoms with Gasteiger partial charge in [0.1, 0.15) is 0 Å². The van der Waals surface area contributed by atoms with Crippen LogP contribution < -0.4 is 5.32 Å². The molecule has 2 rings (SSSR count). The maximum Gasteiger partial charge on any atom is 0.183 e. The average molecular weight is 254 g/mol. The maximum absolute atomic E-state index is 5.02. The van der Waals surface area contributed by atoms with Crippen LogP contribution in [0, 0.1) is 0 Å². The molecule has 0 aliphatic heterocycles. The van der Waals surface area contributed by atoms with Crippen molar-refractivity contribution in [2.24, 2.45) is 0 Å². The Kier molecular flexibility index (Phi) is 4.33. The third kappa shape index (κ3) is 3.30. The molecule has 86 valence electrons. The van der Waals surface area contributed by atoms with Gasteiger partial charge in [0.15, 0.2) is 5.13 Å². The minimum atomic E-state index is 0.730. The predicted octanol–water partition coefficient (Wildman–Crippen LogP) is 3.01. The Morgan fingerprint density at radius 1 is 1.44 bits per heavy atom. The fourth-order valence-corrected chi connectivity index (χ4v) is 2.69. The van der Waals surface area contributed by atoms with Crippen LogP contribution in [0.15, 0.2) is 22.2 Å². The van der Waals surface area contributed by atoms with Crippen molar-refractivity contribution in [1.82, 2.24) is 4.98 Å². The lowest BCUT2D eigenvalue weighted by Gasteiger charge is -1.99. The van der Waals surface area contributed by atoms with E-state index in [-0.39, 0.29) is 0 Å². The summed E-state index contributed by atoms with van der Waals surface area (Å²) in [6.07, 6.45) is 0.882. The Bertz CT molecular complexity index is 411. The molecule has 5 heteroatoms. The summed E-state index contributed by atoms with van der Waals surface area (Å²) in [4.78, 5) is 4.48. The van der Waals surface area contributed by atoms with Crippen LogP contribution in [0.3, 0.4) is 0 Å². The van der Waals surface area contributed by atoms with Gasteiger partial charge in [0.2, 0.25) is 0 Å². The number of thiazole rings is 1. The molecule has 16 heavy (non-hydrogen) atoms. The molecular formula is C11H14N2OS2. The van der Waals surface area contributed by atoms with Crippen molar-refractivity contribution >= 4 is 27.8 Å². The summed E-state index contributed by atoms with van der Waals surface area (Å²) in [5.41, 5.74) is 2.40. The molecule has 0 atom stereocenters. The highest BCUT2D eigenvalue weighted by molar-refractivity contribution is 7.13. The second kappa shape index (κ2) is 5.98. The van der Waals surface area contributed by atoms with Crippen molar-refractivity contribution in [2.75, 3.05) is 19.0 Å². The van der Waals surface area contributed by atoms with Crippen LogP contribution in [0.2, 0.25) is 0 Å². The van der Waals surface area contributed by atoms with E-state index in [0.29, 0.717) is 0 Å². The first-order valence-electron chi connectivity index (χ1n) is 5.07. The van der Waals surface area contributed by atoms with Gasteiger partial charge in [-0.05, 0) is 22.4 Å². The van der Waals surface area contributed by atoms with E-state index in [4.69, 9.17) is 4.74 Å². The van der Waals surface area contributed by atoms with E-state index in [9.17, 15) is 0 Å². The summed E-state index contributed by atoms with van der Waals surface area (Å²) in [6.45, 7) is 1.58. The van der Waals surface area contributed by atoms with Gasteiger partial charge in [-0.25, -0.2) is 4.98 Å². The van der Waals surface area contributed by atoms with E-state index in [1.54, 1.807) is 29.8 Å². The molecule has 0 radical (unpaired) electrons. The zero-order valence-corrected chi connectivity index (χ0v) is 10.7. The van der Waals surface area contributed by atoms with E-state index in [1.165, 1.54) is 5.56 Å². The van der Waals surface area contributed by atoms with Crippen molar-refractivity contribution in [1.29, 1.82) is 0 Å². The molecule has 0 aliphatic carbocycles. The number of hydrogen-bond acceptors (Lipinski definition) is 5. The number of nitrogens with zero attached hydrogens (tertiary/aromatic N) is 1. The Morgan fingerprint density at radius 3 is 3.12 bits per heavy atom. The predicted molar refractivity (Wildman–Crippen MR) is 69.3 cm³/mol. The molecular weight excluding hydrogens is 240 g/mol. The summed E-state index contributed by atoms with van der Waals surface area (Å²) in [6, 6.07) is 2.12. The second-order valence-electron chi connectivity index (χ2n) is 3.37. The van der Waals surface area contributed by atoms with Crippen LogP contribution >= 0.6 is 22.7 Å². The van der Waals surface area contributed by atoms with Crippen LogP contribution in [0.5, 0.6) is 0 Å². The topological polar surface area (TPSA) is 34.1 Å². The SMILES string of the molecule is COCCc1csc(NCc2ccsc2)n1. The molecule has 0 saturated heterocycles. The molecule has 0 amide bonds. The third-order valence-corrected chi connectivity index (χ3v) is 3.72. The van der Waals surface area contributed by atoms with Crippen LogP contribution in [-0.2, 0) is 17.7 Å². The van der Waals surface area contributed by atoms with Crippen molar-refractivity contribution in [2.45, 2.75) is 13.0 Å². The molecule has 2 aromatic heterocycles. The number of rotatable bonds is 6. The van der Waals surface area contributed by atoms with Gasteiger partial charge in [0, 0.05) is 25.5 Å². The molecule has 0 aromatic carbocycles. The van der Waals surface area contributed by atoms with Gasteiger partial charge in [-0.1, -0.05) is 0 Å². The fraction of sp³-hybridized carbons (Fsp3) is 0.364. The summed E-state index contributed by atoms with van der Waals surface area (Å²) in [5.74, 6) is 0. The first-order valence-corrected chi connectivity index (χ1v) is 6.89. The number of aromatic nitrogens is 1. The Hall–Kier alpha value is -0.910. The molecule has 0 fully saturated rings. The molecule has 0 unspecified atom stereocenters. The van der Waals surface area contributed by atoms with Crippen molar-refractivity contribution in [3.05, 3.63) is 33.5 Å². The van der Waals surface area contributed by atoms with E-state index in [0.717, 1.165) is 30.4 Å². The van der Waals surface area contributed by atoms with Crippen molar-refractivity contribution in [3.8, 4) is 0 Å². The molecule has 1 N–H and O–H groups in total. The molecule has 0 bridgehead atoms. The maximum atomic E-state index is 5.02. The number of nitrogens with one attached hydrogen (secondary N) is 1. The molecule has 3 nitrogen and oxygen atoms in total. The van der Waals surface area contributed by atoms with Gasteiger partial charge in [-0.2, -0.15) is 11.3 Å². The molecule has 0 saturated carbocycles.